The lowest BCUT2D eigenvalue weighted by atomic mass is 10.7. The Morgan fingerprint density at radius 2 is 2.40 bits per heavy atom. The topological polar surface area (TPSA) is 88.5 Å². The Balaban J connectivity index is 2.44. The number of aromatic nitrogens is 5. The summed E-state index contributed by atoms with van der Waals surface area (Å²) in [6, 6.07) is 1.73. The molecule has 0 aromatic carbocycles. The lowest BCUT2D eigenvalue weighted by Crippen LogP contribution is -2.19. The van der Waals surface area contributed by atoms with E-state index in [0.29, 0.717) is 12.5 Å². The van der Waals surface area contributed by atoms with Crippen molar-refractivity contribution >= 4 is 5.95 Å². The van der Waals surface area contributed by atoms with Crippen LogP contribution in [0.3, 0.4) is 0 Å². The van der Waals surface area contributed by atoms with Crippen molar-refractivity contribution in [3.05, 3.63) is 28.9 Å². The SMILES string of the molecule is CCNc1nc(-n2cccn2)nc(=O)[nH]1. The molecule has 0 amide bonds. The molecule has 2 aromatic rings. The molecule has 0 fully saturated rings. The Morgan fingerprint density at radius 3 is 3.07 bits per heavy atom. The number of aromatic amines is 1. The predicted octanol–water partition coefficient (Wildman–Crippen LogP) is -0.218. The Kier molecular flexibility index (Phi) is 2.44. The van der Waals surface area contributed by atoms with E-state index in [1.54, 1.807) is 18.5 Å². The summed E-state index contributed by atoms with van der Waals surface area (Å²) in [7, 11) is 0. The second-order valence-electron chi connectivity index (χ2n) is 2.78. The van der Waals surface area contributed by atoms with Crippen molar-refractivity contribution < 1.29 is 0 Å². The highest BCUT2D eigenvalue weighted by Crippen LogP contribution is 1.98. The smallest absolute Gasteiger partial charge is 0.351 e. The molecule has 0 saturated carbocycles. The summed E-state index contributed by atoms with van der Waals surface area (Å²) in [6.45, 7) is 2.58. The van der Waals surface area contributed by atoms with Crippen molar-refractivity contribution in [2.24, 2.45) is 0 Å². The van der Waals surface area contributed by atoms with Gasteiger partial charge in [-0.25, -0.2) is 9.48 Å². The summed E-state index contributed by atoms with van der Waals surface area (Å²) in [4.78, 5) is 21.5. The number of hydrogen-bond donors (Lipinski definition) is 2. The van der Waals surface area contributed by atoms with Crippen LogP contribution in [0.2, 0.25) is 0 Å². The van der Waals surface area contributed by atoms with E-state index in [1.165, 1.54) is 4.68 Å². The van der Waals surface area contributed by atoms with Gasteiger partial charge in [-0.3, -0.25) is 4.98 Å². The summed E-state index contributed by atoms with van der Waals surface area (Å²) in [5, 5.41) is 6.84. The first-order chi connectivity index (χ1) is 7.29. The minimum atomic E-state index is -0.452. The maximum absolute atomic E-state index is 11.2. The average molecular weight is 206 g/mol. The molecule has 2 N–H and O–H groups in total. The van der Waals surface area contributed by atoms with Crippen LogP contribution in [-0.4, -0.2) is 31.3 Å². The highest BCUT2D eigenvalue weighted by molar-refractivity contribution is 5.25. The van der Waals surface area contributed by atoms with Crippen molar-refractivity contribution in [2.45, 2.75) is 6.92 Å². The van der Waals surface area contributed by atoms with E-state index < -0.39 is 5.69 Å². The van der Waals surface area contributed by atoms with Gasteiger partial charge in [-0.05, 0) is 13.0 Å². The largest absolute Gasteiger partial charge is 0.356 e. The molecule has 0 bridgehead atoms. The molecule has 2 aromatic heterocycles. The minimum absolute atomic E-state index is 0.250. The maximum Gasteiger partial charge on any atom is 0.351 e. The number of anilines is 1. The lowest BCUT2D eigenvalue weighted by Gasteiger charge is -2.03. The molecule has 0 aliphatic rings. The molecule has 0 radical (unpaired) electrons. The normalized spacial score (nSPS) is 10.2. The van der Waals surface area contributed by atoms with E-state index in [0.717, 1.165) is 0 Å². The third-order valence-corrected chi connectivity index (χ3v) is 1.69. The molecule has 0 spiro atoms. The van der Waals surface area contributed by atoms with Gasteiger partial charge in [0.25, 0.3) is 5.95 Å². The molecule has 2 heterocycles. The Labute approximate surface area is 85.2 Å². The lowest BCUT2D eigenvalue weighted by molar-refractivity contribution is 0.783. The van der Waals surface area contributed by atoms with Gasteiger partial charge in [0.2, 0.25) is 5.95 Å². The first-order valence-electron chi connectivity index (χ1n) is 4.52. The molecule has 0 unspecified atom stereocenters. The van der Waals surface area contributed by atoms with E-state index >= 15 is 0 Å². The third kappa shape index (κ3) is 2.01. The zero-order valence-corrected chi connectivity index (χ0v) is 8.14. The van der Waals surface area contributed by atoms with Crippen LogP contribution in [-0.2, 0) is 0 Å². The van der Waals surface area contributed by atoms with Crippen molar-refractivity contribution in [1.82, 2.24) is 24.7 Å². The summed E-state index contributed by atoms with van der Waals surface area (Å²) in [5.41, 5.74) is -0.452. The van der Waals surface area contributed by atoms with Gasteiger partial charge in [-0.2, -0.15) is 15.1 Å². The van der Waals surface area contributed by atoms with Gasteiger partial charge in [0, 0.05) is 18.9 Å². The summed E-state index contributed by atoms with van der Waals surface area (Å²) in [5.74, 6) is 0.641. The van der Waals surface area contributed by atoms with Crippen molar-refractivity contribution in [1.29, 1.82) is 0 Å². The molecule has 7 nitrogen and oxygen atoms in total. The fraction of sp³-hybridized carbons (Fsp3) is 0.250. The van der Waals surface area contributed by atoms with Gasteiger partial charge < -0.3 is 5.32 Å². The van der Waals surface area contributed by atoms with Crippen LogP contribution >= 0.6 is 0 Å². The minimum Gasteiger partial charge on any atom is -0.356 e. The van der Waals surface area contributed by atoms with Crippen LogP contribution in [0.15, 0.2) is 23.3 Å². The van der Waals surface area contributed by atoms with Gasteiger partial charge in [0.15, 0.2) is 0 Å². The van der Waals surface area contributed by atoms with E-state index in [2.05, 4.69) is 25.4 Å². The summed E-state index contributed by atoms with van der Waals surface area (Å²) in [6.07, 6.45) is 3.27. The summed E-state index contributed by atoms with van der Waals surface area (Å²) < 4.78 is 1.43. The quantitative estimate of drug-likeness (QED) is 0.725. The van der Waals surface area contributed by atoms with Gasteiger partial charge in [-0.15, -0.1) is 0 Å². The molecule has 0 aliphatic carbocycles. The van der Waals surface area contributed by atoms with Crippen LogP contribution in [0.5, 0.6) is 0 Å². The van der Waals surface area contributed by atoms with Gasteiger partial charge in [0.1, 0.15) is 0 Å². The Morgan fingerprint density at radius 1 is 1.53 bits per heavy atom. The predicted molar refractivity (Wildman–Crippen MR) is 53.9 cm³/mol. The van der Waals surface area contributed by atoms with Crippen LogP contribution in [0.4, 0.5) is 5.95 Å². The van der Waals surface area contributed by atoms with Gasteiger partial charge >= 0.3 is 5.69 Å². The second-order valence-corrected chi connectivity index (χ2v) is 2.78. The number of hydrogen-bond acceptors (Lipinski definition) is 5. The molecular weight excluding hydrogens is 196 g/mol. The first-order valence-corrected chi connectivity index (χ1v) is 4.52. The van der Waals surface area contributed by atoms with Crippen molar-refractivity contribution in [2.75, 3.05) is 11.9 Å². The number of nitrogens with zero attached hydrogens (tertiary/aromatic N) is 4. The number of nitrogens with one attached hydrogen (secondary N) is 2. The van der Waals surface area contributed by atoms with Crippen molar-refractivity contribution in [3.8, 4) is 5.95 Å². The van der Waals surface area contributed by atoms with E-state index in [-0.39, 0.29) is 5.95 Å². The molecule has 2 rings (SSSR count). The zero-order valence-electron chi connectivity index (χ0n) is 8.14. The summed E-state index contributed by atoms with van der Waals surface area (Å²) >= 11 is 0. The van der Waals surface area contributed by atoms with E-state index in [4.69, 9.17) is 0 Å². The van der Waals surface area contributed by atoms with Crippen molar-refractivity contribution in [3.63, 3.8) is 0 Å². The molecule has 15 heavy (non-hydrogen) atoms. The van der Waals surface area contributed by atoms with Crippen LogP contribution in [0.1, 0.15) is 6.92 Å². The van der Waals surface area contributed by atoms with Crippen LogP contribution in [0, 0.1) is 0 Å². The number of H-pyrrole nitrogens is 1. The fourth-order valence-electron chi connectivity index (χ4n) is 1.11. The molecule has 0 saturated heterocycles. The average Bonchev–Trinajstić information content (AvgIpc) is 2.70. The van der Waals surface area contributed by atoms with Gasteiger partial charge in [-0.1, -0.05) is 0 Å². The fourth-order valence-corrected chi connectivity index (χ4v) is 1.11. The third-order valence-electron chi connectivity index (χ3n) is 1.69. The van der Waals surface area contributed by atoms with Gasteiger partial charge in [0.05, 0.1) is 0 Å². The monoisotopic (exact) mass is 206 g/mol. The molecular formula is C8H10N6O. The maximum atomic E-state index is 11.2. The Bertz CT molecular complexity index is 488. The van der Waals surface area contributed by atoms with E-state index in [9.17, 15) is 4.79 Å². The molecule has 0 aliphatic heterocycles. The highest BCUT2D eigenvalue weighted by atomic mass is 16.1. The van der Waals surface area contributed by atoms with Crippen LogP contribution in [0.25, 0.3) is 5.95 Å². The van der Waals surface area contributed by atoms with Crippen LogP contribution < -0.4 is 11.0 Å². The molecule has 7 heteroatoms. The standard InChI is InChI=1S/C8H10N6O/c1-2-9-6-11-7(13-8(15)12-6)14-5-3-4-10-14/h3-5H,2H2,1H3,(H2,9,11,12,13,15). The Hall–Kier alpha value is -2.18. The van der Waals surface area contributed by atoms with E-state index in [1.807, 2.05) is 6.92 Å². The number of rotatable bonds is 3. The molecule has 0 atom stereocenters. The first kappa shape index (κ1) is 9.38. The zero-order chi connectivity index (χ0) is 10.7. The second kappa shape index (κ2) is 3.91. The highest BCUT2D eigenvalue weighted by Gasteiger charge is 2.03. The molecule has 78 valence electrons.